The van der Waals surface area contributed by atoms with Crippen LogP contribution in [-0.2, 0) is 0 Å². The quantitative estimate of drug-likeness (QED) is 0.799. The second kappa shape index (κ2) is 4.48. The Morgan fingerprint density at radius 3 is 2.80 bits per heavy atom. The van der Waals surface area contributed by atoms with Crippen LogP contribution in [0.25, 0.3) is 0 Å². The van der Waals surface area contributed by atoms with Gasteiger partial charge in [0.1, 0.15) is 9.39 Å². The van der Waals surface area contributed by atoms with Gasteiger partial charge in [-0.1, -0.05) is 0 Å². The van der Waals surface area contributed by atoms with Gasteiger partial charge >= 0.3 is 0 Å². The van der Waals surface area contributed by atoms with Gasteiger partial charge in [0.15, 0.2) is 0 Å². The maximum Gasteiger partial charge on any atom is 0.266 e. The van der Waals surface area contributed by atoms with Crippen molar-refractivity contribution in [3.05, 3.63) is 20.3 Å². The number of nitrogens with one attached hydrogen (secondary N) is 1. The molecular formula is C9H14IN3O2. The number of H-pyrrole nitrogens is 1. The first kappa shape index (κ1) is 12.4. The van der Waals surface area contributed by atoms with Gasteiger partial charge in [-0.25, -0.2) is 4.98 Å². The molecule has 0 bridgehead atoms. The summed E-state index contributed by atoms with van der Waals surface area (Å²) in [4.78, 5) is 19.8. The zero-order valence-electron chi connectivity index (χ0n) is 8.91. The van der Waals surface area contributed by atoms with E-state index in [1.54, 1.807) is 11.9 Å². The van der Waals surface area contributed by atoms with Crippen LogP contribution in [-0.4, -0.2) is 34.3 Å². The van der Waals surface area contributed by atoms with Gasteiger partial charge in [0.05, 0.1) is 18.5 Å². The number of nitrogens with zero attached hydrogens (tertiary/aromatic N) is 2. The molecule has 0 aliphatic heterocycles. The molecule has 0 radical (unpaired) electrons. The Kier molecular flexibility index (Phi) is 3.72. The average Bonchev–Trinajstić information content (AvgIpc) is 2.21. The first-order valence-electron chi connectivity index (χ1n) is 4.48. The van der Waals surface area contributed by atoms with Gasteiger partial charge in [-0.05, 0) is 36.4 Å². The second-order valence-electron chi connectivity index (χ2n) is 3.90. The third-order valence-corrected chi connectivity index (χ3v) is 3.36. The average molecular weight is 323 g/mol. The van der Waals surface area contributed by atoms with E-state index < -0.39 is 5.54 Å². The second-order valence-corrected chi connectivity index (χ2v) is 4.98. The van der Waals surface area contributed by atoms with Crippen molar-refractivity contribution in [2.45, 2.75) is 19.4 Å². The van der Waals surface area contributed by atoms with Crippen LogP contribution in [0.15, 0.2) is 11.1 Å². The van der Waals surface area contributed by atoms with E-state index in [1.165, 1.54) is 6.33 Å². The molecule has 0 amide bonds. The molecule has 1 aromatic heterocycles. The highest BCUT2D eigenvalue weighted by Crippen LogP contribution is 2.21. The molecule has 0 aliphatic carbocycles. The lowest BCUT2D eigenvalue weighted by Gasteiger charge is -2.35. The highest BCUT2D eigenvalue weighted by molar-refractivity contribution is 14.1. The summed E-state index contributed by atoms with van der Waals surface area (Å²) in [5, 5.41) is 9.23. The first-order valence-corrected chi connectivity index (χ1v) is 5.56. The van der Waals surface area contributed by atoms with Crippen LogP contribution in [0.2, 0.25) is 0 Å². The summed E-state index contributed by atoms with van der Waals surface area (Å²) in [6, 6.07) is 0. The number of likely N-dealkylation sites (N-methyl/N-ethyl adjacent to an activating group) is 1. The maximum absolute atomic E-state index is 11.4. The molecule has 84 valence electrons. The molecule has 6 heteroatoms. The Labute approximate surface area is 102 Å². The third-order valence-electron chi connectivity index (χ3n) is 2.39. The van der Waals surface area contributed by atoms with Crippen LogP contribution in [0.5, 0.6) is 0 Å². The fourth-order valence-electron chi connectivity index (χ4n) is 1.00. The molecule has 0 spiro atoms. The van der Waals surface area contributed by atoms with Crippen LogP contribution >= 0.6 is 22.6 Å². The summed E-state index contributed by atoms with van der Waals surface area (Å²) >= 11 is 1.95. The van der Waals surface area contributed by atoms with Crippen molar-refractivity contribution in [1.29, 1.82) is 0 Å². The van der Waals surface area contributed by atoms with E-state index in [1.807, 2.05) is 36.4 Å². The van der Waals surface area contributed by atoms with Gasteiger partial charge < -0.3 is 15.0 Å². The summed E-state index contributed by atoms with van der Waals surface area (Å²) in [6.07, 6.45) is 1.36. The van der Waals surface area contributed by atoms with E-state index in [0.29, 0.717) is 9.39 Å². The third kappa shape index (κ3) is 2.49. The number of anilines is 1. The number of hydrogen-bond acceptors (Lipinski definition) is 4. The van der Waals surface area contributed by atoms with Crippen LogP contribution in [0.3, 0.4) is 0 Å². The molecule has 5 nitrogen and oxygen atoms in total. The molecule has 0 aromatic carbocycles. The Morgan fingerprint density at radius 1 is 1.67 bits per heavy atom. The monoisotopic (exact) mass is 323 g/mol. The summed E-state index contributed by atoms with van der Waals surface area (Å²) in [7, 11) is 1.81. The van der Waals surface area contributed by atoms with E-state index in [-0.39, 0.29) is 12.2 Å². The standard InChI is InChI=1S/C9H14IN3O2/c1-9(2,4-14)13(3)7-6(10)8(15)12-5-11-7/h5,14H,4H2,1-3H3,(H,11,12,15). The molecule has 0 saturated heterocycles. The number of aromatic nitrogens is 2. The Hall–Kier alpha value is -0.630. The van der Waals surface area contributed by atoms with Gasteiger partial charge in [0.25, 0.3) is 5.56 Å². The summed E-state index contributed by atoms with van der Waals surface area (Å²) in [5.41, 5.74) is -0.609. The van der Waals surface area contributed by atoms with Gasteiger partial charge in [-0.2, -0.15) is 0 Å². The number of aliphatic hydroxyl groups is 1. The van der Waals surface area contributed by atoms with Gasteiger partial charge in [0, 0.05) is 7.05 Å². The van der Waals surface area contributed by atoms with Crippen molar-refractivity contribution in [1.82, 2.24) is 9.97 Å². The zero-order valence-corrected chi connectivity index (χ0v) is 11.1. The lowest BCUT2D eigenvalue weighted by Crippen LogP contribution is -2.45. The fraction of sp³-hybridized carbons (Fsp3) is 0.556. The largest absolute Gasteiger partial charge is 0.394 e. The minimum Gasteiger partial charge on any atom is -0.394 e. The van der Waals surface area contributed by atoms with Crippen LogP contribution in [0.4, 0.5) is 5.82 Å². The molecular weight excluding hydrogens is 309 g/mol. The van der Waals surface area contributed by atoms with Crippen LogP contribution < -0.4 is 10.5 Å². The number of aliphatic hydroxyl groups excluding tert-OH is 1. The predicted octanol–water partition coefficient (Wildman–Crippen LogP) is 0.582. The van der Waals surface area contributed by atoms with Crippen molar-refractivity contribution in [2.75, 3.05) is 18.6 Å². The normalized spacial score (nSPS) is 11.5. The summed E-state index contributed by atoms with van der Waals surface area (Å²) < 4.78 is 0.527. The molecule has 0 fully saturated rings. The fourth-order valence-corrected chi connectivity index (χ4v) is 1.66. The van der Waals surface area contributed by atoms with E-state index in [4.69, 9.17) is 0 Å². The molecule has 1 aromatic rings. The van der Waals surface area contributed by atoms with Crippen molar-refractivity contribution >= 4 is 28.4 Å². The first-order chi connectivity index (χ1) is 6.90. The van der Waals surface area contributed by atoms with E-state index in [2.05, 4.69) is 9.97 Å². The highest BCUT2D eigenvalue weighted by atomic mass is 127. The number of aromatic amines is 1. The minimum absolute atomic E-state index is 0.00589. The van der Waals surface area contributed by atoms with Crippen molar-refractivity contribution in [3.63, 3.8) is 0 Å². The SMILES string of the molecule is CN(c1nc[nH]c(=O)c1I)C(C)(C)CO. The van der Waals surface area contributed by atoms with Gasteiger partial charge in [0.2, 0.25) is 0 Å². The minimum atomic E-state index is -0.444. The lowest BCUT2D eigenvalue weighted by atomic mass is 10.1. The zero-order chi connectivity index (χ0) is 11.6. The Morgan fingerprint density at radius 2 is 2.27 bits per heavy atom. The topological polar surface area (TPSA) is 69.2 Å². The smallest absolute Gasteiger partial charge is 0.266 e. The Bertz CT molecular complexity index is 403. The number of rotatable bonds is 3. The van der Waals surface area contributed by atoms with Crippen molar-refractivity contribution < 1.29 is 5.11 Å². The highest BCUT2D eigenvalue weighted by Gasteiger charge is 2.25. The predicted molar refractivity (Wildman–Crippen MR) is 67.1 cm³/mol. The molecule has 1 rings (SSSR count). The van der Waals surface area contributed by atoms with Gasteiger partial charge in [-0.3, -0.25) is 4.79 Å². The number of halogens is 1. The molecule has 2 N–H and O–H groups in total. The summed E-state index contributed by atoms with van der Waals surface area (Å²) in [5.74, 6) is 0.582. The van der Waals surface area contributed by atoms with Crippen molar-refractivity contribution in [3.8, 4) is 0 Å². The van der Waals surface area contributed by atoms with E-state index >= 15 is 0 Å². The number of hydrogen-bond donors (Lipinski definition) is 2. The van der Waals surface area contributed by atoms with E-state index in [0.717, 1.165) is 0 Å². The summed E-state index contributed by atoms with van der Waals surface area (Å²) in [6.45, 7) is 3.76. The van der Waals surface area contributed by atoms with Crippen LogP contribution in [0.1, 0.15) is 13.8 Å². The Balaban J connectivity index is 3.17. The molecule has 0 unspecified atom stereocenters. The van der Waals surface area contributed by atoms with Crippen molar-refractivity contribution in [2.24, 2.45) is 0 Å². The molecule has 15 heavy (non-hydrogen) atoms. The van der Waals surface area contributed by atoms with E-state index in [9.17, 15) is 9.90 Å². The lowest BCUT2D eigenvalue weighted by molar-refractivity contribution is 0.215. The molecule has 0 aliphatic rings. The van der Waals surface area contributed by atoms with Gasteiger partial charge in [-0.15, -0.1) is 0 Å². The molecule has 1 heterocycles. The van der Waals surface area contributed by atoms with Crippen LogP contribution in [0, 0.1) is 3.57 Å². The molecule has 0 saturated carbocycles. The maximum atomic E-state index is 11.4. The molecule has 0 atom stereocenters.